The van der Waals surface area contributed by atoms with E-state index < -0.39 is 0 Å². The molecule has 1 saturated heterocycles. The lowest BCUT2D eigenvalue weighted by Crippen LogP contribution is -2.17. The molecule has 1 aromatic rings. The zero-order chi connectivity index (χ0) is 11.6. The number of ether oxygens (including phenoxy) is 3. The Morgan fingerprint density at radius 1 is 1.44 bits per heavy atom. The molecular formula is C12H16O4. The van der Waals surface area contributed by atoms with Gasteiger partial charge in [-0.05, 0) is 24.6 Å². The van der Waals surface area contributed by atoms with Crippen LogP contribution in [-0.4, -0.2) is 31.0 Å². The molecule has 1 heterocycles. The Hall–Kier alpha value is -1.26. The summed E-state index contributed by atoms with van der Waals surface area (Å²) < 4.78 is 16.0. The summed E-state index contributed by atoms with van der Waals surface area (Å²) >= 11 is 0. The van der Waals surface area contributed by atoms with E-state index in [1.165, 1.54) is 0 Å². The molecule has 1 N–H and O–H groups in total. The van der Waals surface area contributed by atoms with Crippen molar-refractivity contribution in [3.63, 3.8) is 0 Å². The molecule has 0 amide bonds. The third-order valence-corrected chi connectivity index (χ3v) is 2.58. The summed E-state index contributed by atoms with van der Waals surface area (Å²) in [6, 6.07) is 5.38. The molecule has 0 aromatic heterocycles. The first-order chi connectivity index (χ1) is 7.67. The van der Waals surface area contributed by atoms with Crippen LogP contribution in [0.25, 0.3) is 0 Å². The molecule has 0 saturated carbocycles. The molecule has 0 bridgehead atoms. The lowest BCUT2D eigenvalue weighted by Gasteiger charge is -2.13. The van der Waals surface area contributed by atoms with Gasteiger partial charge in [-0.2, -0.15) is 0 Å². The highest BCUT2D eigenvalue weighted by molar-refractivity contribution is 5.42. The van der Waals surface area contributed by atoms with Gasteiger partial charge in [-0.3, -0.25) is 0 Å². The van der Waals surface area contributed by atoms with Crippen molar-refractivity contribution in [3.8, 4) is 11.5 Å². The number of hydrogen-bond donors (Lipinski definition) is 1. The Bertz CT molecular complexity index is 371. The Balaban J connectivity index is 2.07. The summed E-state index contributed by atoms with van der Waals surface area (Å²) in [5.41, 5.74) is 0.666. The topological polar surface area (TPSA) is 51.2 Å². The number of rotatable bonds is 5. The van der Waals surface area contributed by atoms with Crippen LogP contribution in [0.4, 0.5) is 0 Å². The van der Waals surface area contributed by atoms with Gasteiger partial charge in [0.25, 0.3) is 0 Å². The first-order valence-corrected chi connectivity index (χ1v) is 5.21. The van der Waals surface area contributed by atoms with E-state index in [2.05, 4.69) is 0 Å². The molecule has 0 radical (unpaired) electrons. The highest BCUT2D eigenvalue weighted by Crippen LogP contribution is 2.32. The molecule has 1 fully saturated rings. The summed E-state index contributed by atoms with van der Waals surface area (Å²) in [5, 5.41) is 9.00. The fraction of sp³-hybridized carbons (Fsp3) is 0.500. The molecule has 88 valence electrons. The Labute approximate surface area is 94.8 Å². The van der Waals surface area contributed by atoms with Gasteiger partial charge in [0.2, 0.25) is 0 Å². The zero-order valence-electron chi connectivity index (χ0n) is 9.53. The SMILES string of the molecule is COc1cc(CO)ccc1OCC1(C)CO1. The summed E-state index contributed by atoms with van der Waals surface area (Å²) in [7, 11) is 1.58. The number of aliphatic hydroxyl groups excluding tert-OH is 1. The van der Waals surface area contributed by atoms with Crippen LogP contribution in [0.3, 0.4) is 0 Å². The van der Waals surface area contributed by atoms with Crippen molar-refractivity contribution in [2.24, 2.45) is 0 Å². The molecular weight excluding hydrogens is 208 g/mol. The maximum atomic E-state index is 9.00. The molecule has 4 heteroatoms. The van der Waals surface area contributed by atoms with Gasteiger partial charge in [-0.15, -0.1) is 0 Å². The summed E-state index contributed by atoms with van der Waals surface area (Å²) in [6.45, 7) is 3.25. The van der Waals surface area contributed by atoms with Crippen LogP contribution in [-0.2, 0) is 11.3 Å². The maximum Gasteiger partial charge on any atom is 0.161 e. The molecule has 2 rings (SSSR count). The van der Waals surface area contributed by atoms with Crippen molar-refractivity contribution < 1.29 is 19.3 Å². The van der Waals surface area contributed by atoms with Gasteiger partial charge in [0.15, 0.2) is 11.5 Å². The van der Waals surface area contributed by atoms with Crippen molar-refractivity contribution >= 4 is 0 Å². The van der Waals surface area contributed by atoms with Gasteiger partial charge in [-0.25, -0.2) is 0 Å². The average molecular weight is 224 g/mol. The molecule has 1 aromatic carbocycles. The van der Waals surface area contributed by atoms with Crippen LogP contribution < -0.4 is 9.47 Å². The van der Waals surface area contributed by atoms with Crippen molar-refractivity contribution in [2.75, 3.05) is 20.3 Å². The minimum absolute atomic E-state index is 0.00251. The van der Waals surface area contributed by atoms with Crippen LogP contribution >= 0.6 is 0 Å². The molecule has 0 spiro atoms. The van der Waals surface area contributed by atoms with E-state index in [1.54, 1.807) is 19.2 Å². The third kappa shape index (κ3) is 2.46. The van der Waals surface area contributed by atoms with E-state index in [-0.39, 0.29) is 12.2 Å². The van der Waals surface area contributed by atoms with Crippen LogP contribution in [0, 0.1) is 0 Å². The van der Waals surface area contributed by atoms with Crippen LogP contribution in [0.1, 0.15) is 12.5 Å². The van der Waals surface area contributed by atoms with Gasteiger partial charge < -0.3 is 19.3 Å². The number of methoxy groups -OCH3 is 1. The summed E-state index contributed by atoms with van der Waals surface area (Å²) in [6.07, 6.45) is 0. The smallest absolute Gasteiger partial charge is 0.161 e. The van der Waals surface area contributed by atoms with Gasteiger partial charge in [-0.1, -0.05) is 6.07 Å². The third-order valence-electron chi connectivity index (χ3n) is 2.58. The van der Waals surface area contributed by atoms with E-state index >= 15 is 0 Å². The second-order valence-electron chi connectivity index (χ2n) is 4.17. The van der Waals surface area contributed by atoms with E-state index in [0.29, 0.717) is 18.1 Å². The normalized spacial score (nSPS) is 22.9. The number of epoxide rings is 1. The predicted molar refractivity (Wildman–Crippen MR) is 58.8 cm³/mol. The van der Waals surface area contributed by atoms with Crippen LogP contribution in [0.5, 0.6) is 11.5 Å². The Morgan fingerprint density at radius 2 is 2.19 bits per heavy atom. The van der Waals surface area contributed by atoms with E-state index in [9.17, 15) is 0 Å². The summed E-state index contributed by atoms with van der Waals surface area (Å²) in [5.74, 6) is 1.31. The number of aliphatic hydroxyl groups is 1. The maximum absolute atomic E-state index is 9.00. The standard InChI is InChI=1S/C12H16O4/c1-12(8-16-12)7-15-10-4-3-9(6-13)5-11(10)14-2/h3-5,13H,6-8H2,1-2H3. The second kappa shape index (κ2) is 4.31. The molecule has 1 aliphatic heterocycles. The molecule has 4 nitrogen and oxygen atoms in total. The second-order valence-corrected chi connectivity index (χ2v) is 4.17. The molecule has 1 unspecified atom stereocenters. The van der Waals surface area contributed by atoms with Gasteiger partial charge in [0, 0.05) is 0 Å². The first-order valence-electron chi connectivity index (χ1n) is 5.21. The predicted octanol–water partition coefficient (Wildman–Crippen LogP) is 1.36. The molecule has 0 aliphatic carbocycles. The Morgan fingerprint density at radius 3 is 2.75 bits per heavy atom. The van der Waals surface area contributed by atoms with Gasteiger partial charge in [0.05, 0.1) is 20.3 Å². The average Bonchev–Trinajstić information content (AvgIpc) is 3.05. The van der Waals surface area contributed by atoms with Crippen molar-refractivity contribution in [1.82, 2.24) is 0 Å². The van der Waals surface area contributed by atoms with E-state index in [4.69, 9.17) is 19.3 Å². The van der Waals surface area contributed by atoms with Crippen molar-refractivity contribution in [1.29, 1.82) is 0 Å². The molecule has 1 atom stereocenters. The lowest BCUT2D eigenvalue weighted by atomic mass is 10.2. The monoisotopic (exact) mass is 224 g/mol. The molecule has 1 aliphatic rings. The minimum atomic E-state index is -0.138. The number of benzene rings is 1. The van der Waals surface area contributed by atoms with Crippen molar-refractivity contribution in [3.05, 3.63) is 23.8 Å². The highest BCUT2D eigenvalue weighted by atomic mass is 16.6. The minimum Gasteiger partial charge on any atom is -0.493 e. The van der Waals surface area contributed by atoms with Crippen LogP contribution in [0.15, 0.2) is 18.2 Å². The van der Waals surface area contributed by atoms with E-state index in [1.807, 2.05) is 13.0 Å². The van der Waals surface area contributed by atoms with Gasteiger partial charge >= 0.3 is 0 Å². The largest absolute Gasteiger partial charge is 0.493 e. The first kappa shape index (κ1) is 11.2. The quantitative estimate of drug-likeness (QED) is 0.767. The van der Waals surface area contributed by atoms with Crippen molar-refractivity contribution in [2.45, 2.75) is 19.1 Å². The van der Waals surface area contributed by atoms with Crippen LogP contribution in [0.2, 0.25) is 0 Å². The number of hydrogen-bond acceptors (Lipinski definition) is 4. The lowest BCUT2D eigenvalue weighted by molar-refractivity contribution is 0.196. The van der Waals surface area contributed by atoms with E-state index in [0.717, 1.165) is 12.2 Å². The fourth-order valence-electron chi connectivity index (χ4n) is 1.37. The highest BCUT2D eigenvalue weighted by Gasteiger charge is 2.40. The Kier molecular flexibility index (Phi) is 3.03. The zero-order valence-corrected chi connectivity index (χ0v) is 9.53. The summed E-state index contributed by atoms with van der Waals surface area (Å²) in [4.78, 5) is 0. The fourth-order valence-corrected chi connectivity index (χ4v) is 1.37. The van der Waals surface area contributed by atoms with Gasteiger partial charge in [0.1, 0.15) is 12.2 Å². The molecule has 16 heavy (non-hydrogen) atoms.